The van der Waals surface area contributed by atoms with Crippen molar-refractivity contribution in [3.05, 3.63) is 11.6 Å². The highest BCUT2D eigenvalue weighted by Gasteiger charge is 2.33. The Kier molecular flexibility index (Phi) is 3.46. The summed E-state index contributed by atoms with van der Waals surface area (Å²) >= 11 is 2.16. The molecule has 0 bridgehead atoms. The molecule has 0 aromatic heterocycles. The van der Waals surface area contributed by atoms with E-state index in [1.54, 1.807) is 5.57 Å². The van der Waals surface area contributed by atoms with Gasteiger partial charge >= 0.3 is 0 Å². The van der Waals surface area contributed by atoms with Crippen LogP contribution in [-0.2, 0) is 0 Å². The van der Waals surface area contributed by atoms with E-state index in [-0.39, 0.29) is 0 Å². The lowest BCUT2D eigenvalue weighted by molar-refractivity contribution is 0.351. The molecule has 0 saturated carbocycles. The minimum Gasteiger partial charge on any atom is -0.327 e. The summed E-state index contributed by atoms with van der Waals surface area (Å²) in [7, 11) is 0. The zero-order valence-corrected chi connectivity index (χ0v) is 10.9. The molecule has 2 aliphatic rings. The van der Waals surface area contributed by atoms with Crippen LogP contribution in [0, 0.1) is 11.8 Å². The number of hydrogen-bond acceptors (Lipinski definition) is 2. The normalized spacial score (nSPS) is 46.7. The van der Waals surface area contributed by atoms with Gasteiger partial charge in [-0.3, -0.25) is 0 Å². The van der Waals surface area contributed by atoms with Crippen LogP contribution < -0.4 is 5.73 Å². The van der Waals surface area contributed by atoms with Crippen LogP contribution >= 0.6 is 11.8 Å². The first-order valence-electron chi connectivity index (χ1n) is 6.20. The molecule has 15 heavy (non-hydrogen) atoms. The molecule has 1 aliphatic carbocycles. The first-order valence-corrected chi connectivity index (χ1v) is 7.15. The van der Waals surface area contributed by atoms with Crippen molar-refractivity contribution in [3.8, 4) is 0 Å². The Balaban J connectivity index is 2.09. The van der Waals surface area contributed by atoms with Crippen LogP contribution in [0.2, 0.25) is 0 Å². The van der Waals surface area contributed by atoms with E-state index < -0.39 is 0 Å². The van der Waals surface area contributed by atoms with Crippen LogP contribution in [0.3, 0.4) is 0 Å². The van der Waals surface area contributed by atoms with Crippen molar-refractivity contribution in [3.63, 3.8) is 0 Å². The largest absolute Gasteiger partial charge is 0.327 e. The molecule has 5 unspecified atom stereocenters. The van der Waals surface area contributed by atoms with Crippen LogP contribution in [0.4, 0.5) is 0 Å². The third kappa shape index (κ3) is 2.26. The second-order valence-electron chi connectivity index (χ2n) is 5.30. The molecule has 2 heteroatoms. The van der Waals surface area contributed by atoms with Crippen molar-refractivity contribution in [2.24, 2.45) is 17.6 Å². The molecule has 1 saturated heterocycles. The predicted molar refractivity (Wildman–Crippen MR) is 69.1 cm³/mol. The van der Waals surface area contributed by atoms with Crippen LogP contribution in [0.25, 0.3) is 0 Å². The minimum absolute atomic E-state index is 0.376. The Bertz CT molecular complexity index is 261. The van der Waals surface area contributed by atoms with Gasteiger partial charge in [0.15, 0.2) is 0 Å². The van der Waals surface area contributed by atoms with Gasteiger partial charge in [-0.15, -0.1) is 0 Å². The molecule has 2 rings (SSSR count). The van der Waals surface area contributed by atoms with E-state index in [0.29, 0.717) is 17.9 Å². The highest BCUT2D eigenvalue weighted by molar-refractivity contribution is 8.00. The van der Waals surface area contributed by atoms with Gasteiger partial charge in [-0.1, -0.05) is 32.4 Å². The maximum atomic E-state index is 6.26. The molecular formula is C13H23NS. The lowest BCUT2D eigenvalue weighted by Gasteiger charge is -2.34. The van der Waals surface area contributed by atoms with E-state index in [4.69, 9.17) is 5.73 Å². The fourth-order valence-electron chi connectivity index (χ4n) is 2.85. The minimum atomic E-state index is 0.376. The quantitative estimate of drug-likeness (QED) is 0.694. The number of allylic oxidation sites excluding steroid dienone is 1. The van der Waals surface area contributed by atoms with Gasteiger partial charge in [0.05, 0.1) is 0 Å². The summed E-state index contributed by atoms with van der Waals surface area (Å²) in [5.74, 6) is 1.25. The van der Waals surface area contributed by atoms with Gasteiger partial charge < -0.3 is 5.73 Å². The maximum Gasteiger partial charge on any atom is 0.0262 e. The lowest BCUT2D eigenvalue weighted by atomic mass is 9.77. The van der Waals surface area contributed by atoms with Crippen molar-refractivity contribution in [1.29, 1.82) is 0 Å². The summed E-state index contributed by atoms with van der Waals surface area (Å²) < 4.78 is 0. The van der Waals surface area contributed by atoms with Crippen molar-refractivity contribution in [1.82, 2.24) is 0 Å². The molecule has 0 aromatic rings. The second kappa shape index (κ2) is 4.50. The Morgan fingerprint density at radius 1 is 1.27 bits per heavy atom. The smallest absolute Gasteiger partial charge is 0.0262 e. The number of thioether (sulfide) groups is 1. The van der Waals surface area contributed by atoms with Gasteiger partial charge in [-0.2, -0.15) is 11.8 Å². The highest BCUT2D eigenvalue weighted by atomic mass is 32.2. The van der Waals surface area contributed by atoms with Crippen molar-refractivity contribution in [2.75, 3.05) is 0 Å². The second-order valence-corrected chi connectivity index (χ2v) is 6.94. The SMILES string of the molecule is CC1CCC(C2=CCC(C)C(N)C2C)S1. The zero-order valence-electron chi connectivity index (χ0n) is 10.1. The molecule has 0 spiro atoms. The van der Waals surface area contributed by atoms with E-state index in [0.717, 1.165) is 10.5 Å². The molecule has 0 radical (unpaired) electrons. The molecule has 86 valence electrons. The number of rotatable bonds is 1. The van der Waals surface area contributed by atoms with E-state index in [1.165, 1.54) is 19.3 Å². The molecule has 1 fully saturated rings. The highest BCUT2D eigenvalue weighted by Crippen LogP contribution is 2.42. The summed E-state index contributed by atoms with van der Waals surface area (Å²) in [5.41, 5.74) is 7.91. The van der Waals surface area contributed by atoms with E-state index in [9.17, 15) is 0 Å². The third-order valence-electron chi connectivity index (χ3n) is 4.09. The Morgan fingerprint density at radius 3 is 2.60 bits per heavy atom. The Hall–Kier alpha value is 0.0500. The lowest BCUT2D eigenvalue weighted by Crippen LogP contribution is -2.39. The van der Waals surface area contributed by atoms with E-state index in [2.05, 4.69) is 38.6 Å². The van der Waals surface area contributed by atoms with Crippen molar-refractivity contribution < 1.29 is 0 Å². The average molecular weight is 225 g/mol. The first kappa shape index (κ1) is 11.5. The molecule has 5 atom stereocenters. The van der Waals surface area contributed by atoms with Crippen molar-refractivity contribution in [2.45, 2.75) is 56.6 Å². The third-order valence-corrected chi connectivity index (χ3v) is 5.63. The monoisotopic (exact) mass is 225 g/mol. The van der Waals surface area contributed by atoms with E-state index in [1.807, 2.05) is 0 Å². The van der Waals surface area contributed by atoms with Gasteiger partial charge in [-0.05, 0) is 31.1 Å². The van der Waals surface area contributed by atoms with Crippen LogP contribution in [-0.4, -0.2) is 16.5 Å². The molecular weight excluding hydrogens is 202 g/mol. The Labute approximate surface area is 97.9 Å². The van der Waals surface area contributed by atoms with Gasteiger partial charge in [0.1, 0.15) is 0 Å². The van der Waals surface area contributed by atoms with Gasteiger partial charge in [0, 0.05) is 16.5 Å². The molecule has 0 amide bonds. The van der Waals surface area contributed by atoms with E-state index >= 15 is 0 Å². The summed E-state index contributed by atoms with van der Waals surface area (Å²) in [6.07, 6.45) is 6.41. The maximum absolute atomic E-state index is 6.26. The topological polar surface area (TPSA) is 26.0 Å². The zero-order chi connectivity index (χ0) is 11.0. The number of nitrogens with two attached hydrogens (primary N) is 1. The fraction of sp³-hybridized carbons (Fsp3) is 0.846. The van der Waals surface area contributed by atoms with Crippen LogP contribution in [0.1, 0.15) is 40.0 Å². The molecule has 1 heterocycles. The fourth-order valence-corrected chi connectivity index (χ4v) is 4.43. The number of hydrogen-bond donors (Lipinski definition) is 1. The van der Waals surface area contributed by atoms with Gasteiger partial charge in [-0.25, -0.2) is 0 Å². The summed E-state index contributed by atoms with van der Waals surface area (Å²) in [5, 5.41) is 1.62. The molecule has 0 aromatic carbocycles. The standard InChI is InChI=1S/C13H23NS/c1-8-4-6-11(10(3)13(8)14)12-7-5-9(2)15-12/h6,8-10,12-13H,4-5,7,14H2,1-3H3. The molecule has 1 aliphatic heterocycles. The molecule has 2 N–H and O–H groups in total. The predicted octanol–water partition coefficient (Wildman–Crippen LogP) is 3.20. The summed E-state index contributed by atoms with van der Waals surface area (Å²) in [6, 6.07) is 0.376. The van der Waals surface area contributed by atoms with Crippen molar-refractivity contribution >= 4 is 11.8 Å². The Morgan fingerprint density at radius 2 is 2.00 bits per heavy atom. The summed E-state index contributed by atoms with van der Waals surface area (Å²) in [4.78, 5) is 0. The summed E-state index contributed by atoms with van der Waals surface area (Å²) in [6.45, 7) is 6.94. The van der Waals surface area contributed by atoms with Gasteiger partial charge in [0.2, 0.25) is 0 Å². The average Bonchev–Trinajstić information content (AvgIpc) is 2.61. The van der Waals surface area contributed by atoms with Gasteiger partial charge in [0.25, 0.3) is 0 Å². The van der Waals surface area contributed by atoms with Crippen LogP contribution in [0.15, 0.2) is 11.6 Å². The molecule has 1 nitrogen and oxygen atoms in total. The first-order chi connectivity index (χ1) is 7.09. The van der Waals surface area contributed by atoms with Crippen LogP contribution in [0.5, 0.6) is 0 Å².